The second-order valence-corrected chi connectivity index (χ2v) is 28.3. The molecule has 0 spiro atoms. The van der Waals surface area contributed by atoms with Gasteiger partial charge in [-0.2, -0.15) is 0 Å². The van der Waals surface area contributed by atoms with Gasteiger partial charge in [0.1, 0.15) is 11.6 Å². The van der Waals surface area contributed by atoms with Crippen LogP contribution in [-0.4, -0.2) is 33.8 Å². The summed E-state index contributed by atoms with van der Waals surface area (Å²) >= 11 is 0. The minimum absolute atomic E-state index is 0. The number of aromatic nitrogens is 6. The van der Waals surface area contributed by atoms with Crippen LogP contribution in [0.2, 0.25) is 0 Å². The molecule has 15 rings (SSSR count). The van der Waals surface area contributed by atoms with Crippen LogP contribution in [0.3, 0.4) is 0 Å². The zero-order valence-corrected chi connectivity index (χ0v) is 62.1. The summed E-state index contributed by atoms with van der Waals surface area (Å²) in [6.45, 7) is 27.4. The van der Waals surface area contributed by atoms with Crippen molar-refractivity contribution in [3.8, 4) is 101 Å². The van der Waals surface area contributed by atoms with Crippen molar-refractivity contribution in [3.05, 3.63) is 306 Å². The van der Waals surface area contributed by atoms with E-state index in [0.717, 1.165) is 78.5 Å². The maximum Gasteiger partial charge on any atom is 0.148 e. The van der Waals surface area contributed by atoms with Gasteiger partial charge in [-0.3, -0.25) is 14.5 Å². The van der Waals surface area contributed by atoms with Gasteiger partial charge in [0, 0.05) is 31.5 Å². The van der Waals surface area contributed by atoms with Gasteiger partial charge < -0.3 is 14.2 Å². The molecule has 15 aromatic rings. The summed E-state index contributed by atoms with van der Waals surface area (Å²) < 4.78 is 7.09. The predicted molar refractivity (Wildman–Crippen MR) is 419 cm³/mol. The first-order valence-corrected chi connectivity index (χ1v) is 35.5. The van der Waals surface area contributed by atoms with Crippen LogP contribution in [-0.2, 0) is 20.1 Å². The second kappa shape index (κ2) is 29.4. The molecule has 12 aromatic carbocycles. The Balaban J connectivity index is 0.000000193. The Labute approximate surface area is 609 Å². The molecule has 0 aliphatic carbocycles. The van der Waals surface area contributed by atoms with Crippen LogP contribution in [0.1, 0.15) is 152 Å². The van der Waals surface area contributed by atoms with E-state index in [2.05, 4.69) is 327 Å². The number of imidazole rings is 3. The summed E-state index contributed by atoms with van der Waals surface area (Å²) in [5.41, 5.74) is 29.1. The van der Waals surface area contributed by atoms with Gasteiger partial charge in [-0.05, 0) is 181 Å². The Morgan fingerprint density at radius 1 is 0.297 bits per heavy atom. The Kier molecular flexibility index (Phi) is 20.1. The van der Waals surface area contributed by atoms with Crippen LogP contribution in [0.25, 0.3) is 129 Å². The molecular weight excluding hydrogens is 1410 g/mol. The first-order valence-electron chi connectivity index (χ1n) is 35.5. The summed E-state index contributed by atoms with van der Waals surface area (Å²) in [6.07, 6.45) is 0. The van der Waals surface area contributed by atoms with Crippen molar-refractivity contribution in [1.82, 2.24) is 28.7 Å². The average Bonchev–Trinajstić information content (AvgIpc) is 1.62. The third kappa shape index (κ3) is 13.4. The topological polar surface area (TPSA) is 73.7 Å². The van der Waals surface area contributed by atoms with Gasteiger partial charge in [0.2, 0.25) is 0 Å². The second-order valence-electron chi connectivity index (χ2n) is 28.3. The maximum absolute atomic E-state index is 11.0. The van der Waals surface area contributed by atoms with Crippen molar-refractivity contribution in [3.63, 3.8) is 0 Å². The average molecular weight is 1500 g/mol. The number of nitrogens with zero attached hydrogens (tertiary/aromatic N) is 6. The van der Waals surface area contributed by atoms with Crippen molar-refractivity contribution >= 4 is 33.1 Å². The van der Waals surface area contributed by atoms with Gasteiger partial charge in [0.15, 0.2) is 0 Å². The third-order valence-corrected chi connectivity index (χ3v) is 19.5. The molecule has 0 aliphatic heterocycles. The van der Waals surface area contributed by atoms with Crippen molar-refractivity contribution in [2.45, 2.75) is 119 Å². The van der Waals surface area contributed by atoms with Gasteiger partial charge in [0.05, 0.1) is 56.0 Å². The molecule has 0 unspecified atom stereocenters. The number of benzene rings is 12. The quantitative estimate of drug-likeness (QED) is 0.0979. The van der Waals surface area contributed by atoms with Gasteiger partial charge >= 0.3 is 0 Å². The molecule has 0 fully saturated rings. The molecule has 101 heavy (non-hydrogen) atoms. The maximum atomic E-state index is 11.0. The van der Waals surface area contributed by atoms with Crippen molar-refractivity contribution in [2.24, 2.45) is 0 Å². The molecule has 0 amide bonds. The molecule has 0 aliphatic rings. The number of aromatic hydroxyl groups is 1. The molecular formula is C93H86IrN6O-2. The first kappa shape index (κ1) is 69.0. The van der Waals surface area contributed by atoms with Gasteiger partial charge in [-0.25, -0.2) is 4.98 Å². The SMILES string of the molecule is CC(C)c1cc(-c2ccccc2)cc(C(C)C)c1-n1c(-c2[c-]c(-c3nc4ccccc4n3-c3c(C(C)C)cc(-c4ccccc4)cc3C(C)C)ccc2)nc2ccccc21.CC(C)c1cc(-c2ccccc2)cc(C(C)C)c1-n1c(-c2ccccc2O)nc2c(-c3[c-]cccc3)cccc21.[Ir]. The van der Waals surface area contributed by atoms with E-state index in [1.807, 2.05) is 36.4 Å². The van der Waals surface area contributed by atoms with Crippen LogP contribution < -0.4 is 0 Å². The largest absolute Gasteiger partial charge is 0.507 e. The van der Waals surface area contributed by atoms with Crippen molar-refractivity contribution in [2.75, 3.05) is 0 Å². The molecule has 1 radical (unpaired) electrons. The van der Waals surface area contributed by atoms with Crippen molar-refractivity contribution < 1.29 is 25.2 Å². The smallest absolute Gasteiger partial charge is 0.148 e. The standard InChI is InChI=1S/C56H53N4.C37H33N2O.Ir/c1-35(2)45-31-43(39-20-11-9-12-21-39)32-46(36(3)4)53(45)59-51-28-17-15-26-49(51)57-55(59)41-24-19-25-42(30-41)56-58-50-27-16-18-29-52(50)60(56)54-47(37(5)6)33-44(34-48(54)38(7)8)40-22-13-10-14-23-40;1-24(2)31-22-28(26-14-7-5-8-15-26)23-32(25(3)4)36(31)39-33-20-13-19-29(27-16-9-6-10-17-27)35(33)38-37(39)30-18-11-12-21-34(30)40;/h9-29,31-38H,1-8H3;5-16,18-25,40H,1-4H3;/q2*-1;. The molecule has 8 heteroatoms. The van der Waals surface area contributed by atoms with Crippen LogP contribution >= 0.6 is 0 Å². The number of hydrogen-bond acceptors (Lipinski definition) is 4. The number of rotatable bonds is 16. The van der Waals surface area contributed by atoms with E-state index in [0.29, 0.717) is 5.56 Å². The van der Waals surface area contributed by atoms with E-state index in [-0.39, 0.29) is 61.4 Å². The number of phenols is 1. The zero-order valence-electron chi connectivity index (χ0n) is 59.8. The Bertz CT molecular complexity index is 5160. The summed E-state index contributed by atoms with van der Waals surface area (Å²) in [7, 11) is 0. The minimum Gasteiger partial charge on any atom is -0.507 e. The summed E-state index contributed by atoms with van der Waals surface area (Å²) in [4.78, 5) is 16.1. The molecule has 1 N–H and O–H groups in total. The van der Waals surface area contributed by atoms with E-state index in [4.69, 9.17) is 15.0 Å². The number of phenolic OH excluding ortho intramolecular Hbond substituents is 1. The Hall–Kier alpha value is -10.5. The van der Waals surface area contributed by atoms with Crippen molar-refractivity contribution in [1.29, 1.82) is 0 Å². The third-order valence-electron chi connectivity index (χ3n) is 19.5. The van der Waals surface area contributed by atoms with Crippen LogP contribution in [0.4, 0.5) is 0 Å². The Morgan fingerprint density at radius 2 is 0.624 bits per heavy atom. The number of hydrogen-bond donors (Lipinski definition) is 1. The van der Waals surface area contributed by atoms with Gasteiger partial charge in [-0.15, -0.1) is 60.2 Å². The van der Waals surface area contributed by atoms with E-state index >= 15 is 0 Å². The fourth-order valence-corrected chi connectivity index (χ4v) is 14.4. The zero-order chi connectivity index (χ0) is 69.5. The molecule has 3 aromatic heterocycles. The monoisotopic (exact) mass is 1500 g/mol. The van der Waals surface area contributed by atoms with E-state index in [1.165, 1.54) is 78.1 Å². The van der Waals surface area contributed by atoms with Gasteiger partial charge in [0.25, 0.3) is 0 Å². The summed E-state index contributed by atoms with van der Waals surface area (Å²) in [5, 5.41) is 11.0. The summed E-state index contributed by atoms with van der Waals surface area (Å²) in [6, 6.07) is 99.0. The summed E-state index contributed by atoms with van der Waals surface area (Å²) in [5.74, 6) is 4.27. The Morgan fingerprint density at radius 3 is 1.01 bits per heavy atom. The molecule has 505 valence electrons. The fraction of sp³-hybridized carbons (Fsp3) is 0.194. The van der Waals surface area contributed by atoms with Crippen LogP contribution in [0, 0.1) is 12.1 Å². The molecule has 0 saturated carbocycles. The van der Waals surface area contributed by atoms with Crippen LogP contribution in [0.15, 0.2) is 261 Å². The van der Waals surface area contributed by atoms with E-state index < -0.39 is 0 Å². The molecule has 0 atom stereocenters. The van der Waals surface area contributed by atoms with E-state index in [1.54, 1.807) is 6.07 Å². The molecule has 7 nitrogen and oxygen atoms in total. The normalized spacial score (nSPS) is 11.7. The molecule has 0 bridgehead atoms. The first-order chi connectivity index (χ1) is 48.5. The van der Waals surface area contributed by atoms with Crippen LogP contribution in [0.5, 0.6) is 5.75 Å². The minimum atomic E-state index is 0. The van der Waals surface area contributed by atoms with Gasteiger partial charge in [-0.1, -0.05) is 239 Å². The fourth-order valence-electron chi connectivity index (χ4n) is 14.4. The molecule has 3 heterocycles. The molecule has 0 saturated heterocycles. The number of fused-ring (bicyclic) bond motifs is 3. The predicted octanol–water partition coefficient (Wildman–Crippen LogP) is 25.1. The number of para-hydroxylation sites is 6. The van der Waals surface area contributed by atoms with E-state index in [9.17, 15) is 5.11 Å².